The third-order valence-corrected chi connectivity index (χ3v) is 4.11. The maximum absolute atomic E-state index is 11.6. The normalized spacial score (nSPS) is 14.6. The van der Waals surface area contributed by atoms with E-state index in [1.807, 2.05) is 27.7 Å². The zero-order valence-corrected chi connectivity index (χ0v) is 10.5. The first-order valence-electron chi connectivity index (χ1n) is 5.35. The number of nitrogens with one attached hydrogen (secondary N) is 1. The molecule has 0 bridgehead atoms. The highest BCUT2D eigenvalue weighted by atomic mass is 32.2. The predicted molar refractivity (Wildman–Crippen MR) is 61.2 cm³/mol. The first-order chi connectivity index (χ1) is 6.41. The summed E-state index contributed by atoms with van der Waals surface area (Å²) in [6.07, 6.45) is 0.866. The van der Waals surface area contributed by atoms with E-state index in [4.69, 9.17) is 0 Å². The Labute approximate surface area is 88.2 Å². The average molecular weight is 221 g/mol. The van der Waals surface area contributed by atoms with E-state index in [0.29, 0.717) is 5.75 Å². The molecule has 1 unspecified atom stereocenters. The molecule has 0 fully saturated rings. The van der Waals surface area contributed by atoms with Gasteiger partial charge in [0.05, 0.1) is 11.5 Å². The Morgan fingerprint density at radius 1 is 1.14 bits per heavy atom. The van der Waals surface area contributed by atoms with Gasteiger partial charge in [-0.1, -0.05) is 27.7 Å². The molecule has 0 aliphatic rings. The van der Waals surface area contributed by atoms with Crippen molar-refractivity contribution in [2.24, 2.45) is 5.92 Å². The van der Waals surface area contributed by atoms with E-state index >= 15 is 0 Å². The number of sulfone groups is 1. The molecule has 3 nitrogen and oxygen atoms in total. The van der Waals surface area contributed by atoms with E-state index < -0.39 is 9.84 Å². The summed E-state index contributed by atoms with van der Waals surface area (Å²) >= 11 is 0. The standard InChI is InChI=1S/C10H23NO2S/c1-5-10(11-6-2)8-14(12,13)7-9(3)4/h9-11H,5-8H2,1-4H3. The van der Waals surface area contributed by atoms with Gasteiger partial charge in [-0.05, 0) is 18.9 Å². The maximum atomic E-state index is 11.6. The molecule has 4 heteroatoms. The molecule has 0 radical (unpaired) electrons. The van der Waals surface area contributed by atoms with Crippen molar-refractivity contribution >= 4 is 9.84 Å². The molecule has 0 rings (SSSR count). The van der Waals surface area contributed by atoms with Crippen molar-refractivity contribution in [2.45, 2.75) is 40.2 Å². The summed E-state index contributed by atoms with van der Waals surface area (Å²) in [5.74, 6) is 0.795. The van der Waals surface area contributed by atoms with Crippen molar-refractivity contribution < 1.29 is 8.42 Å². The molecule has 1 N–H and O–H groups in total. The van der Waals surface area contributed by atoms with Gasteiger partial charge in [0.1, 0.15) is 0 Å². The second-order valence-electron chi connectivity index (χ2n) is 4.13. The van der Waals surface area contributed by atoms with Crippen LogP contribution in [-0.2, 0) is 9.84 Å². The highest BCUT2D eigenvalue weighted by Gasteiger charge is 2.18. The van der Waals surface area contributed by atoms with Gasteiger partial charge in [0.25, 0.3) is 0 Å². The summed E-state index contributed by atoms with van der Waals surface area (Å²) < 4.78 is 23.3. The molecule has 14 heavy (non-hydrogen) atoms. The zero-order valence-electron chi connectivity index (χ0n) is 9.71. The van der Waals surface area contributed by atoms with Crippen LogP contribution in [0.1, 0.15) is 34.1 Å². The topological polar surface area (TPSA) is 46.2 Å². The third-order valence-electron chi connectivity index (χ3n) is 2.03. The van der Waals surface area contributed by atoms with Gasteiger partial charge in [0, 0.05) is 6.04 Å². The minimum Gasteiger partial charge on any atom is -0.313 e. The van der Waals surface area contributed by atoms with Crippen molar-refractivity contribution in [3.63, 3.8) is 0 Å². The first kappa shape index (κ1) is 13.9. The lowest BCUT2D eigenvalue weighted by Gasteiger charge is -2.16. The Morgan fingerprint density at radius 3 is 2.07 bits per heavy atom. The minimum absolute atomic E-state index is 0.115. The predicted octanol–water partition coefficient (Wildman–Crippen LogP) is 1.45. The Balaban J connectivity index is 4.18. The molecule has 86 valence electrons. The fourth-order valence-corrected chi connectivity index (χ4v) is 3.61. The van der Waals surface area contributed by atoms with Crippen LogP contribution < -0.4 is 5.32 Å². The van der Waals surface area contributed by atoms with Gasteiger partial charge in [-0.3, -0.25) is 0 Å². The van der Waals surface area contributed by atoms with Crippen molar-refractivity contribution in [1.29, 1.82) is 0 Å². The van der Waals surface area contributed by atoms with E-state index in [0.717, 1.165) is 13.0 Å². The lowest BCUT2D eigenvalue weighted by atomic mass is 10.2. The molecule has 0 amide bonds. The molecule has 0 aromatic rings. The van der Waals surface area contributed by atoms with Crippen LogP contribution in [0.15, 0.2) is 0 Å². The summed E-state index contributed by atoms with van der Waals surface area (Å²) in [5.41, 5.74) is 0. The Morgan fingerprint density at radius 2 is 1.71 bits per heavy atom. The lowest BCUT2D eigenvalue weighted by Crippen LogP contribution is -2.36. The molecule has 0 spiro atoms. The highest BCUT2D eigenvalue weighted by Crippen LogP contribution is 2.04. The van der Waals surface area contributed by atoms with Crippen LogP contribution in [0.25, 0.3) is 0 Å². The van der Waals surface area contributed by atoms with Gasteiger partial charge in [0.2, 0.25) is 0 Å². The quantitative estimate of drug-likeness (QED) is 0.707. The maximum Gasteiger partial charge on any atom is 0.152 e. The molecule has 1 atom stereocenters. The fraction of sp³-hybridized carbons (Fsp3) is 1.00. The van der Waals surface area contributed by atoms with Crippen LogP contribution >= 0.6 is 0 Å². The number of hydrogen-bond donors (Lipinski definition) is 1. The second kappa shape index (κ2) is 6.40. The summed E-state index contributed by atoms with van der Waals surface area (Å²) in [4.78, 5) is 0. The fourth-order valence-electron chi connectivity index (χ4n) is 1.49. The molecule has 0 aliphatic heterocycles. The molecule has 0 aliphatic carbocycles. The smallest absolute Gasteiger partial charge is 0.152 e. The van der Waals surface area contributed by atoms with E-state index in [1.165, 1.54) is 0 Å². The van der Waals surface area contributed by atoms with Gasteiger partial charge < -0.3 is 5.32 Å². The highest BCUT2D eigenvalue weighted by molar-refractivity contribution is 7.91. The molecule has 0 saturated heterocycles. The van der Waals surface area contributed by atoms with Crippen molar-refractivity contribution in [3.8, 4) is 0 Å². The number of rotatable bonds is 7. The van der Waals surface area contributed by atoms with Crippen LogP contribution in [0.5, 0.6) is 0 Å². The van der Waals surface area contributed by atoms with Gasteiger partial charge in [0.15, 0.2) is 9.84 Å². The van der Waals surface area contributed by atoms with Gasteiger partial charge in [-0.15, -0.1) is 0 Å². The number of hydrogen-bond acceptors (Lipinski definition) is 3. The monoisotopic (exact) mass is 221 g/mol. The summed E-state index contributed by atoms with van der Waals surface area (Å²) in [6, 6.07) is 0.115. The third kappa shape index (κ3) is 6.38. The van der Waals surface area contributed by atoms with Crippen molar-refractivity contribution in [3.05, 3.63) is 0 Å². The van der Waals surface area contributed by atoms with E-state index in [2.05, 4.69) is 5.32 Å². The van der Waals surface area contributed by atoms with Crippen molar-refractivity contribution in [2.75, 3.05) is 18.1 Å². The zero-order chi connectivity index (χ0) is 11.2. The summed E-state index contributed by atoms with van der Waals surface area (Å²) in [6.45, 7) is 8.71. The van der Waals surface area contributed by atoms with Crippen LogP contribution in [0.4, 0.5) is 0 Å². The van der Waals surface area contributed by atoms with Crippen LogP contribution in [0.2, 0.25) is 0 Å². The molecule has 0 aromatic carbocycles. The van der Waals surface area contributed by atoms with Crippen molar-refractivity contribution in [1.82, 2.24) is 5.32 Å². The van der Waals surface area contributed by atoms with Crippen LogP contribution in [0.3, 0.4) is 0 Å². The summed E-state index contributed by atoms with van der Waals surface area (Å²) in [7, 11) is -2.88. The van der Waals surface area contributed by atoms with Crippen LogP contribution in [-0.4, -0.2) is 32.5 Å². The van der Waals surface area contributed by atoms with Gasteiger partial charge >= 0.3 is 0 Å². The Bertz CT molecular complexity index is 235. The average Bonchev–Trinajstić information content (AvgIpc) is 2.00. The van der Waals surface area contributed by atoms with E-state index in [-0.39, 0.29) is 17.7 Å². The van der Waals surface area contributed by atoms with E-state index in [9.17, 15) is 8.42 Å². The van der Waals surface area contributed by atoms with E-state index in [1.54, 1.807) is 0 Å². The second-order valence-corrected chi connectivity index (χ2v) is 6.29. The molecule has 0 saturated carbocycles. The molecular formula is C10H23NO2S. The van der Waals surface area contributed by atoms with Gasteiger partial charge in [-0.2, -0.15) is 0 Å². The van der Waals surface area contributed by atoms with Gasteiger partial charge in [-0.25, -0.2) is 8.42 Å². The molecular weight excluding hydrogens is 198 g/mol. The first-order valence-corrected chi connectivity index (χ1v) is 7.17. The summed E-state index contributed by atoms with van der Waals surface area (Å²) in [5, 5.41) is 3.18. The molecule has 0 heterocycles. The largest absolute Gasteiger partial charge is 0.313 e. The van der Waals surface area contributed by atoms with Crippen LogP contribution in [0, 0.1) is 5.92 Å². The molecule has 0 aromatic heterocycles. The Hall–Kier alpha value is -0.0900. The SMILES string of the molecule is CCNC(CC)CS(=O)(=O)CC(C)C. The Kier molecular flexibility index (Phi) is 6.36. The minimum atomic E-state index is -2.88. The lowest BCUT2D eigenvalue weighted by molar-refractivity contribution is 0.529.